The van der Waals surface area contributed by atoms with Crippen LogP contribution in [-0.4, -0.2) is 31.6 Å². The Labute approximate surface area is 264 Å². The fraction of sp³-hybridized carbons (Fsp3) is 0.250. The summed E-state index contributed by atoms with van der Waals surface area (Å²) in [6, 6.07) is 29.6. The maximum atomic E-state index is 12.0. The maximum Gasteiger partial charge on any atom is 0.272 e. The Morgan fingerprint density at radius 2 is 1.67 bits per heavy atom. The minimum absolute atomic E-state index is 0.00581. The van der Waals surface area contributed by atoms with Crippen LogP contribution < -0.4 is 5.32 Å². The molecule has 0 aliphatic carbocycles. The van der Waals surface area contributed by atoms with Gasteiger partial charge in [0.05, 0.1) is 23.8 Å². The minimum atomic E-state index is -2.02. The fourth-order valence-corrected chi connectivity index (χ4v) is 5.72. The molecule has 1 aliphatic rings. The van der Waals surface area contributed by atoms with Gasteiger partial charge in [-0.05, 0) is 52.1 Å². The fourth-order valence-electron chi connectivity index (χ4n) is 4.64. The lowest BCUT2D eigenvalue weighted by molar-refractivity contribution is -0.245. The number of aliphatic hydroxyl groups excluding tert-OH is 1. The molecule has 3 unspecified atom stereocenters. The number of carbonyl (C=O) groups is 1. The number of aromatic nitrogens is 1. The van der Waals surface area contributed by atoms with E-state index in [1.165, 1.54) is 0 Å². The van der Waals surface area contributed by atoms with Crippen LogP contribution in [0.5, 0.6) is 0 Å². The molecule has 0 saturated carbocycles. The molecule has 5 rings (SSSR count). The number of alkyl halides is 3. The third kappa shape index (κ3) is 8.26. The summed E-state index contributed by atoms with van der Waals surface area (Å²) in [6.45, 7) is 0.218. The molecule has 0 spiro atoms. The molecule has 1 amide bonds. The number of benzene rings is 3. The number of hydrogen-bond acceptors (Lipinski definition) is 6. The highest BCUT2D eigenvalue weighted by Gasteiger charge is 2.33. The van der Waals surface area contributed by atoms with Gasteiger partial charge in [-0.25, -0.2) is 4.98 Å². The molecule has 42 heavy (non-hydrogen) atoms. The summed E-state index contributed by atoms with van der Waals surface area (Å²) in [5.74, 6) is 0.0480. The van der Waals surface area contributed by atoms with Crippen molar-refractivity contribution in [3.05, 3.63) is 119 Å². The zero-order chi connectivity index (χ0) is 29.5. The zero-order valence-corrected chi connectivity index (χ0v) is 25.5. The minimum Gasteiger partial charge on any atom is -0.392 e. The van der Waals surface area contributed by atoms with E-state index in [2.05, 4.69) is 16.4 Å². The second kappa shape index (κ2) is 14.2. The Kier molecular flexibility index (Phi) is 10.4. The molecular weight excluding hydrogens is 615 g/mol. The van der Waals surface area contributed by atoms with Crippen LogP contribution in [0.2, 0.25) is 0 Å². The van der Waals surface area contributed by atoms with Crippen molar-refractivity contribution in [2.24, 2.45) is 0 Å². The van der Waals surface area contributed by atoms with E-state index in [0.717, 1.165) is 44.2 Å². The number of amides is 1. The summed E-state index contributed by atoms with van der Waals surface area (Å²) >= 11 is 18.7. The van der Waals surface area contributed by atoms with Crippen LogP contribution in [0.1, 0.15) is 41.1 Å². The Morgan fingerprint density at radius 1 is 0.905 bits per heavy atom. The molecule has 1 fully saturated rings. The van der Waals surface area contributed by atoms with E-state index in [9.17, 15) is 9.90 Å². The molecule has 0 radical (unpaired) electrons. The van der Waals surface area contributed by atoms with Gasteiger partial charge in [-0.15, -0.1) is 11.8 Å². The normalized spacial score (nSPS) is 18.9. The molecule has 1 saturated heterocycles. The topological polar surface area (TPSA) is 80.7 Å². The van der Waals surface area contributed by atoms with Gasteiger partial charge in [-0.1, -0.05) is 102 Å². The Bertz CT molecular complexity index is 1490. The number of nitrogens with zero attached hydrogens (tertiary/aromatic N) is 1. The quantitative estimate of drug-likeness (QED) is 0.145. The van der Waals surface area contributed by atoms with Crippen molar-refractivity contribution in [3.63, 3.8) is 0 Å². The van der Waals surface area contributed by atoms with Crippen LogP contribution in [-0.2, 0) is 27.4 Å². The van der Waals surface area contributed by atoms with Gasteiger partial charge in [0.1, 0.15) is 0 Å². The number of pyridine rings is 1. The zero-order valence-electron chi connectivity index (χ0n) is 22.5. The van der Waals surface area contributed by atoms with Gasteiger partial charge in [-0.3, -0.25) is 4.79 Å². The lowest BCUT2D eigenvalue weighted by Gasteiger charge is -2.36. The first kappa shape index (κ1) is 30.8. The Morgan fingerprint density at radius 3 is 2.38 bits per heavy atom. The lowest BCUT2D eigenvalue weighted by atomic mass is 9.99. The van der Waals surface area contributed by atoms with Gasteiger partial charge >= 0.3 is 0 Å². The highest BCUT2D eigenvalue weighted by Crippen LogP contribution is 2.40. The van der Waals surface area contributed by atoms with Crippen LogP contribution in [0.15, 0.2) is 102 Å². The van der Waals surface area contributed by atoms with Crippen LogP contribution in [0.3, 0.4) is 0 Å². The van der Waals surface area contributed by atoms with Crippen molar-refractivity contribution < 1.29 is 19.4 Å². The predicted octanol–water partition coefficient (Wildman–Crippen LogP) is 7.57. The van der Waals surface area contributed by atoms with Crippen molar-refractivity contribution >= 4 is 52.5 Å². The summed E-state index contributed by atoms with van der Waals surface area (Å²) in [6.07, 6.45) is 1.64. The van der Waals surface area contributed by atoms with Crippen LogP contribution in [0.4, 0.5) is 0 Å². The second-order valence-electron chi connectivity index (χ2n) is 9.84. The molecule has 4 aromatic rings. The molecule has 1 aromatic heterocycles. The number of nitrogens with one attached hydrogen (secondary N) is 1. The van der Waals surface area contributed by atoms with E-state index in [0.29, 0.717) is 6.42 Å². The van der Waals surface area contributed by atoms with Gasteiger partial charge in [0.25, 0.3) is 9.70 Å². The van der Waals surface area contributed by atoms with Gasteiger partial charge in [0, 0.05) is 30.5 Å². The van der Waals surface area contributed by atoms with Gasteiger partial charge in [0.2, 0.25) is 0 Å². The SMILES string of the molecule is O=C(NCc1cccc(-c2cccc(C3OC(CSc4ccccn4)CC(c4ccc(CO)cc4)O3)c2)c1)C(Cl)(Cl)Cl. The molecule has 0 bridgehead atoms. The van der Waals surface area contributed by atoms with Gasteiger partial charge < -0.3 is 19.9 Å². The van der Waals surface area contributed by atoms with E-state index in [4.69, 9.17) is 44.3 Å². The summed E-state index contributed by atoms with van der Waals surface area (Å²) in [5.41, 5.74) is 5.59. The number of rotatable bonds is 9. The van der Waals surface area contributed by atoms with Crippen LogP contribution >= 0.6 is 46.6 Å². The molecular formula is C32H29Cl3N2O4S. The summed E-state index contributed by atoms with van der Waals surface area (Å²) in [4.78, 5) is 16.4. The van der Waals surface area contributed by atoms with Crippen molar-refractivity contribution in [1.82, 2.24) is 10.3 Å². The summed E-state index contributed by atoms with van der Waals surface area (Å²) in [7, 11) is 0. The number of aliphatic hydroxyl groups is 1. The number of carbonyl (C=O) groups excluding carboxylic acids is 1. The predicted molar refractivity (Wildman–Crippen MR) is 167 cm³/mol. The third-order valence-corrected chi connectivity index (χ3v) is 8.39. The monoisotopic (exact) mass is 642 g/mol. The highest BCUT2D eigenvalue weighted by atomic mass is 35.6. The first-order chi connectivity index (χ1) is 20.3. The largest absolute Gasteiger partial charge is 0.392 e. The first-order valence-electron chi connectivity index (χ1n) is 13.4. The number of thioether (sulfide) groups is 1. The molecule has 1 aliphatic heterocycles. The molecule has 6 nitrogen and oxygen atoms in total. The van der Waals surface area contributed by atoms with Crippen molar-refractivity contribution in [2.75, 3.05) is 5.75 Å². The molecule has 3 aromatic carbocycles. The van der Waals surface area contributed by atoms with Crippen molar-refractivity contribution in [3.8, 4) is 11.1 Å². The van der Waals surface area contributed by atoms with E-state index in [1.807, 2.05) is 84.9 Å². The standard InChI is InChI=1S/C32H29Cl3N2O4S/c33-32(34,35)31(39)37-18-22-5-3-6-24(15-22)25-7-4-8-26(16-25)30-40-27(20-42-29-9-1-2-14-36-29)17-28(41-30)23-12-10-21(19-38)11-13-23/h1-16,27-28,30,38H,17-20H2,(H,37,39). The van der Waals surface area contributed by atoms with Crippen molar-refractivity contribution in [1.29, 1.82) is 0 Å². The summed E-state index contributed by atoms with van der Waals surface area (Å²) in [5, 5.41) is 13.1. The first-order valence-corrected chi connectivity index (χ1v) is 15.5. The van der Waals surface area contributed by atoms with Gasteiger partial charge in [-0.2, -0.15) is 0 Å². The van der Waals surface area contributed by atoms with E-state index >= 15 is 0 Å². The second-order valence-corrected chi connectivity index (χ2v) is 13.2. The third-order valence-electron chi connectivity index (χ3n) is 6.80. The molecule has 10 heteroatoms. The van der Waals surface area contributed by atoms with Crippen LogP contribution in [0.25, 0.3) is 11.1 Å². The Balaban J connectivity index is 1.36. The van der Waals surface area contributed by atoms with E-state index in [1.54, 1.807) is 18.0 Å². The smallest absolute Gasteiger partial charge is 0.272 e. The van der Waals surface area contributed by atoms with Crippen molar-refractivity contribution in [2.45, 2.75) is 46.9 Å². The number of halogens is 3. The molecule has 218 valence electrons. The molecule has 2 heterocycles. The maximum absolute atomic E-state index is 12.0. The lowest BCUT2D eigenvalue weighted by Crippen LogP contribution is -2.33. The number of hydrogen-bond donors (Lipinski definition) is 2. The molecule has 3 atom stereocenters. The average Bonchev–Trinajstić information content (AvgIpc) is 3.03. The Hall–Kier alpha value is -2.62. The highest BCUT2D eigenvalue weighted by molar-refractivity contribution is 7.99. The van der Waals surface area contributed by atoms with Crippen LogP contribution in [0, 0.1) is 0 Å². The van der Waals surface area contributed by atoms with E-state index in [-0.39, 0.29) is 25.4 Å². The summed E-state index contributed by atoms with van der Waals surface area (Å²) < 4.78 is 11.0. The van der Waals surface area contributed by atoms with E-state index < -0.39 is 16.0 Å². The number of ether oxygens (including phenoxy) is 2. The van der Waals surface area contributed by atoms with Gasteiger partial charge in [0.15, 0.2) is 6.29 Å². The average molecular weight is 644 g/mol. The molecule has 2 N–H and O–H groups in total.